The minimum Gasteiger partial charge on any atom is -0.378 e. The number of fused-ring (bicyclic) bond motifs is 2. The van der Waals surface area contributed by atoms with E-state index >= 15 is 0 Å². The molecule has 164 valence electrons. The zero-order chi connectivity index (χ0) is 22.8. The van der Waals surface area contributed by atoms with Crippen LogP contribution in [0.1, 0.15) is 12.1 Å². The lowest BCUT2D eigenvalue weighted by Gasteiger charge is -2.11. The first-order chi connectivity index (χ1) is 16.1. The van der Waals surface area contributed by atoms with E-state index in [4.69, 9.17) is 10.7 Å². The third-order valence-corrected chi connectivity index (χ3v) is 5.33. The molecule has 0 radical (unpaired) electrons. The van der Waals surface area contributed by atoms with E-state index in [2.05, 4.69) is 26.3 Å². The number of nitro groups is 1. The van der Waals surface area contributed by atoms with Crippen LogP contribution in [0.4, 0.5) is 17.5 Å². The van der Waals surface area contributed by atoms with Gasteiger partial charge in [-0.15, -0.1) is 0 Å². The monoisotopic (exact) mass is 440 g/mol. The lowest BCUT2D eigenvalue weighted by molar-refractivity contribution is -0.384. The molecule has 0 saturated heterocycles. The maximum Gasteiger partial charge on any atom is 0.311 e. The summed E-state index contributed by atoms with van der Waals surface area (Å²) in [5.74, 6) is 0.605. The molecular formula is C23H20N8O2. The second-order valence-corrected chi connectivity index (χ2v) is 7.53. The van der Waals surface area contributed by atoms with Crippen molar-refractivity contribution in [3.8, 4) is 11.3 Å². The Labute approximate surface area is 188 Å². The van der Waals surface area contributed by atoms with Gasteiger partial charge in [0.2, 0.25) is 11.8 Å². The summed E-state index contributed by atoms with van der Waals surface area (Å²) in [6.07, 6.45) is 6.76. The van der Waals surface area contributed by atoms with Crippen LogP contribution >= 0.6 is 0 Å². The molecule has 1 aromatic carbocycles. The molecule has 0 aliphatic heterocycles. The molecule has 0 saturated carbocycles. The molecule has 10 nitrogen and oxygen atoms in total. The fourth-order valence-electron chi connectivity index (χ4n) is 3.68. The van der Waals surface area contributed by atoms with Crippen molar-refractivity contribution < 1.29 is 4.92 Å². The Hall–Kier alpha value is -4.60. The highest BCUT2D eigenvalue weighted by atomic mass is 16.6. The molecule has 0 atom stereocenters. The molecule has 0 aliphatic rings. The maximum absolute atomic E-state index is 10.9. The highest BCUT2D eigenvalue weighted by Gasteiger charge is 2.13. The zero-order valence-electron chi connectivity index (χ0n) is 17.5. The minimum absolute atomic E-state index is 0.0658. The second-order valence-electron chi connectivity index (χ2n) is 7.53. The van der Waals surface area contributed by atoms with Crippen molar-refractivity contribution in [1.29, 1.82) is 0 Å². The summed E-state index contributed by atoms with van der Waals surface area (Å²) >= 11 is 0. The molecule has 10 heteroatoms. The van der Waals surface area contributed by atoms with Crippen LogP contribution < -0.4 is 11.1 Å². The Balaban J connectivity index is 1.33. The summed E-state index contributed by atoms with van der Waals surface area (Å²) in [6, 6.07) is 15.0. The van der Waals surface area contributed by atoms with E-state index in [1.165, 1.54) is 6.07 Å². The number of nitrogens with one attached hydrogen (secondary N) is 1. The number of pyridine rings is 2. The summed E-state index contributed by atoms with van der Waals surface area (Å²) in [7, 11) is 0. The van der Waals surface area contributed by atoms with Crippen LogP contribution in [0.25, 0.3) is 27.8 Å². The van der Waals surface area contributed by atoms with E-state index in [-0.39, 0.29) is 11.5 Å². The number of hydrogen-bond donors (Lipinski definition) is 2. The van der Waals surface area contributed by atoms with Crippen molar-refractivity contribution in [3.05, 3.63) is 82.9 Å². The molecule has 0 amide bonds. The minimum atomic E-state index is -0.534. The quantitative estimate of drug-likeness (QED) is 0.221. The van der Waals surface area contributed by atoms with Crippen LogP contribution in [0.5, 0.6) is 0 Å². The molecule has 4 heterocycles. The average molecular weight is 440 g/mol. The third-order valence-electron chi connectivity index (χ3n) is 5.33. The van der Waals surface area contributed by atoms with Crippen molar-refractivity contribution in [2.45, 2.75) is 12.8 Å². The van der Waals surface area contributed by atoms with Crippen LogP contribution in [0.2, 0.25) is 0 Å². The predicted octanol–water partition coefficient (Wildman–Crippen LogP) is 3.87. The number of benzene rings is 1. The van der Waals surface area contributed by atoms with Gasteiger partial charge in [0, 0.05) is 53.9 Å². The fraction of sp³-hybridized carbons (Fsp3) is 0.130. The Morgan fingerprint density at radius 1 is 1.09 bits per heavy atom. The van der Waals surface area contributed by atoms with Crippen molar-refractivity contribution in [2.24, 2.45) is 0 Å². The van der Waals surface area contributed by atoms with E-state index in [1.807, 2.05) is 47.1 Å². The van der Waals surface area contributed by atoms with Gasteiger partial charge < -0.3 is 11.1 Å². The molecule has 33 heavy (non-hydrogen) atoms. The number of rotatable bonds is 7. The smallest absolute Gasteiger partial charge is 0.311 e. The molecular weight excluding hydrogens is 420 g/mol. The molecule has 5 aromatic rings. The van der Waals surface area contributed by atoms with Gasteiger partial charge in [0.15, 0.2) is 0 Å². The van der Waals surface area contributed by atoms with Gasteiger partial charge in [0.05, 0.1) is 16.1 Å². The third kappa shape index (κ3) is 4.13. The highest BCUT2D eigenvalue weighted by molar-refractivity contribution is 5.83. The van der Waals surface area contributed by atoms with Gasteiger partial charge in [-0.05, 0) is 31.0 Å². The number of hydrogen-bond acceptors (Lipinski definition) is 8. The number of aromatic nitrogens is 5. The largest absolute Gasteiger partial charge is 0.378 e. The van der Waals surface area contributed by atoms with Gasteiger partial charge in [0.1, 0.15) is 5.65 Å². The molecule has 0 unspecified atom stereocenters. The van der Waals surface area contributed by atoms with Gasteiger partial charge >= 0.3 is 5.69 Å². The average Bonchev–Trinajstić information content (AvgIpc) is 3.30. The Bertz CT molecular complexity index is 1480. The predicted molar refractivity (Wildman–Crippen MR) is 126 cm³/mol. The van der Waals surface area contributed by atoms with Crippen molar-refractivity contribution in [1.82, 2.24) is 24.3 Å². The van der Waals surface area contributed by atoms with Gasteiger partial charge in [-0.1, -0.05) is 18.2 Å². The molecule has 4 aromatic heterocycles. The summed E-state index contributed by atoms with van der Waals surface area (Å²) in [5.41, 5.74) is 9.61. The lowest BCUT2D eigenvalue weighted by Crippen LogP contribution is -2.10. The fourth-order valence-corrected chi connectivity index (χ4v) is 3.68. The van der Waals surface area contributed by atoms with Gasteiger partial charge in [-0.2, -0.15) is 0 Å². The number of nitrogen functional groups attached to an aromatic ring is 1. The highest BCUT2D eigenvalue weighted by Crippen LogP contribution is 2.24. The molecule has 5 rings (SSSR count). The number of imidazole rings is 1. The summed E-state index contributed by atoms with van der Waals surface area (Å²) in [4.78, 5) is 28.2. The number of para-hydroxylation sites is 1. The summed E-state index contributed by atoms with van der Waals surface area (Å²) in [5, 5.41) is 15.3. The van der Waals surface area contributed by atoms with E-state index in [0.29, 0.717) is 24.6 Å². The number of anilines is 2. The van der Waals surface area contributed by atoms with Crippen LogP contribution in [0.15, 0.2) is 67.1 Å². The van der Waals surface area contributed by atoms with Crippen LogP contribution in [-0.2, 0) is 6.42 Å². The normalized spacial score (nSPS) is 11.2. The van der Waals surface area contributed by atoms with Gasteiger partial charge in [-0.25, -0.2) is 15.0 Å². The first kappa shape index (κ1) is 20.3. The van der Waals surface area contributed by atoms with Crippen molar-refractivity contribution in [3.63, 3.8) is 0 Å². The summed E-state index contributed by atoms with van der Waals surface area (Å²) in [6.45, 7) is 0.623. The second kappa shape index (κ2) is 8.50. The number of nitrogens with two attached hydrogens (primary N) is 1. The molecule has 3 N–H and O–H groups in total. The van der Waals surface area contributed by atoms with E-state index in [9.17, 15) is 10.1 Å². The molecule has 0 bridgehead atoms. The molecule has 0 fully saturated rings. The topological polar surface area (TPSA) is 137 Å². The standard InChI is InChI=1S/C23H20N8O2/c24-22-20(31(32)33)8-7-17(28-22)5-3-9-26-23-29-19(13-21-25-10-11-30(21)23)16-12-15-4-1-2-6-18(15)27-14-16/h1-2,4,6-8,10-14H,3,5,9H2,(H2,24,28)(H,26,29). The van der Waals surface area contributed by atoms with E-state index in [1.54, 1.807) is 12.3 Å². The Morgan fingerprint density at radius 3 is 2.82 bits per heavy atom. The maximum atomic E-state index is 10.9. The van der Waals surface area contributed by atoms with E-state index < -0.39 is 4.92 Å². The summed E-state index contributed by atoms with van der Waals surface area (Å²) < 4.78 is 1.89. The number of nitrogens with zero attached hydrogens (tertiary/aromatic N) is 6. The molecule has 0 spiro atoms. The van der Waals surface area contributed by atoms with Crippen LogP contribution in [0.3, 0.4) is 0 Å². The first-order valence-electron chi connectivity index (χ1n) is 10.4. The lowest BCUT2D eigenvalue weighted by atomic mass is 10.1. The molecule has 0 aliphatic carbocycles. The SMILES string of the molecule is Nc1nc(CCCNc2nc(-c3cnc4ccccc4c3)cc3nccn23)ccc1[N+](=O)[O-]. The Kier molecular flexibility index (Phi) is 5.23. The van der Waals surface area contributed by atoms with Crippen LogP contribution in [0, 0.1) is 10.1 Å². The van der Waals surface area contributed by atoms with Crippen molar-refractivity contribution >= 4 is 34.0 Å². The van der Waals surface area contributed by atoms with E-state index in [0.717, 1.165) is 34.2 Å². The number of aryl methyl sites for hydroxylation is 1. The Morgan fingerprint density at radius 2 is 1.97 bits per heavy atom. The first-order valence-corrected chi connectivity index (χ1v) is 10.4. The van der Waals surface area contributed by atoms with Gasteiger partial charge in [0.25, 0.3) is 0 Å². The van der Waals surface area contributed by atoms with Crippen molar-refractivity contribution in [2.75, 3.05) is 17.6 Å². The van der Waals surface area contributed by atoms with Gasteiger partial charge in [-0.3, -0.25) is 19.5 Å². The zero-order valence-corrected chi connectivity index (χ0v) is 17.5. The van der Waals surface area contributed by atoms with Crippen LogP contribution in [-0.4, -0.2) is 35.8 Å².